The number of rotatable bonds is 6. The predicted molar refractivity (Wildman–Crippen MR) is 71.9 cm³/mol. The van der Waals surface area contributed by atoms with Crippen LogP contribution in [0, 0.1) is 0 Å². The lowest BCUT2D eigenvalue weighted by atomic mass is 10.1. The van der Waals surface area contributed by atoms with Crippen molar-refractivity contribution in [3.8, 4) is 0 Å². The van der Waals surface area contributed by atoms with Crippen LogP contribution in [0.15, 0.2) is 24.3 Å². The smallest absolute Gasteiger partial charge is 0.248 e. The van der Waals surface area contributed by atoms with Gasteiger partial charge in [0.25, 0.3) is 0 Å². The van der Waals surface area contributed by atoms with Gasteiger partial charge in [0.2, 0.25) is 5.91 Å². The van der Waals surface area contributed by atoms with Gasteiger partial charge in [-0.3, -0.25) is 4.79 Å². The van der Waals surface area contributed by atoms with Crippen LogP contribution in [0.5, 0.6) is 0 Å². The summed E-state index contributed by atoms with van der Waals surface area (Å²) in [4.78, 5) is 13.4. The lowest BCUT2D eigenvalue weighted by molar-refractivity contribution is -0.136. The topological polar surface area (TPSA) is 55.6 Å². The van der Waals surface area contributed by atoms with Crippen LogP contribution in [-0.4, -0.2) is 30.6 Å². The summed E-state index contributed by atoms with van der Waals surface area (Å²) in [6, 6.07) is 7.95. The van der Waals surface area contributed by atoms with Crippen LogP contribution in [0.3, 0.4) is 0 Å². The summed E-state index contributed by atoms with van der Waals surface area (Å²) in [5.74, 6) is -0.0122. The van der Waals surface area contributed by atoms with Crippen LogP contribution in [-0.2, 0) is 22.6 Å². The summed E-state index contributed by atoms with van der Waals surface area (Å²) < 4.78 is 5.30. The minimum Gasteiger partial charge on any atom is -0.369 e. The molecule has 0 unspecified atom stereocenters. The molecule has 0 radical (unpaired) electrons. The van der Waals surface area contributed by atoms with Gasteiger partial charge in [-0.25, -0.2) is 0 Å². The average Bonchev–Trinajstić information content (AvgIpc) is 2.36. The van der Waals surface area contributed by atoms with Crippen molar-refractivity contribution in [3.63, 3.8) is 0 Å². The molecule has 18 heavy (non-hydrogen) atoms. The number of amides is 1. The molecule has 1 amide bonds. The molecule has 0 aliphatic carbocycles. The first-order chi connectivity index (χ1) is 8.52. The molecule has 0 saturated heterocycles. The molecule has 2 N–H and O–H groups in total. The van der Waals surface area contributed by atoms with Crippen LogP contribution >= 0.6 is 0 Å². The van der Waals surface area contributed by atoms with E-state index < -0.39 is 0 Å². The third kappa shape index (κ3) is 4.85. The van der Waals surface area contributed by atoms with Gasteiger partial charge in [0.15, 0.2) is 0 Å². The van der Waals surface area contributed by atoms with Crippen LogP contribution in [0.25, 0.3) is 0 Å². The monoisotopic (exact) mass is 250 g/mol. The van der Waals surface area contributed by atoms with Crippen LogP contribution in [0.4, 0.5) is 0 Å². The maximum absolute atomic E-state index is 11.8. The summed E-state index contributed by atoms with van der Waals surface area (Å²) in [6.07, 6.45) is 0.0721. The minimum absolute atomic E-state index is 0.0122. The first-order valence-corrected chi connectivity index (χ1v) is 6.16. The van der Waals surface area contributed by atoms with Crippen molar-refractivity contribution in [2.75, 3.05) is 13.7 Å². The third-order valence-corrected chi connectivity index (χ3v) is 2.61. The molecule has 0 aromatic heterocycles. The molecule has 4 nitrogen and oxygen atoms in total. The number of nitrogens with zero attached hydrogens (tertiary/aromatic N) is 1. The summed E-state index contributed by atoms with van der Waals surface area (Å²) in [7, 11) is 1.78. The Morgan fingerprint density at radius 3 is 2.67 bits per heavy atom. The number of carbonyl (C=O) groups excluding carboxylic acids is 1. The number of hydrogen-bond acceptors (Lipinski definition) is 3. The van der Waals surface area contributed by atoms with Gasteiger partial charge in [-0.2, -0.15) is 0 Å². The molecule has 1 aromatic carbocycles. The van der Waals surface area contributed by atoms with E-state index in [1.807, 2.05) is 38.1 Å². The second-order valence-corrected chi connectivity index (χ2v) is 4.63. The summed E-state index contributed by atoms with van der Waals surface area (Å²) >= 11 is 0. The van der Waals surface area contributed by atoms with Crippen molar-refractivity contribution >= 4 is 5.91 Å². The Kier molecular flexibility index (Phi) is 5.82. The normalized spacial score (nSPS) is 10.7. The molecule has 0 spiro atoms. The highest BCUT2D eigenvalue weighted by Crippen LogP contribution is 2.07. The van der Waals surface area contributed by atoms with Crippen LogP contribution < -0.4 is 5.73 Å². The quantitative estimate of drug-likeness (QED) is 0.833. The van der Waals surface area contributed by atoms with Gasteiger partial charge in [-0.15, -0.1) is 0 Å². The number of hydrogen-bond donors (Lipinski definition) is 1. The Hall–Kier alpha value is -1.39. The number of benzene rings is 1. The van der Waals surface area contributed by atoms with Crippen molar-refractivity contribution in [1.82, 2.24) is 4.90 Å². The van der Waals surface area contributed by atoms with Gasteiger partial charge in [0, 0.05) is 20.1 Å². The van der Waals surface area contributed by atoms with Crippen molar-refractivity contribution < 1.29 is 9.53 Å². The number of carbonyl (C=O) groups is 1. The van der Waals surface area contributed by atoms with E-state index in [1.54, 1.807) is 11.9 Å². The zero-order valence-corrected chi connectivity index (χ0v) is 11.3. The molecule has 0 fully saturated rings. The minimum atomic E-state index is -0.0122. The molecule has 0 bridgehead atoms. The van der Waals surface area contributed by atoms with E-state index in [0.717, 1.165) is 11.1 Å². The fraction of sp³-hybridized carbons (Fsp3) is 0.500. The summed E-state index contributed by atoms with van der Waals surface area (Å²) in [5, 5.41) is 0. The first kappa shape index (κ1) is 14.7. The second-order valence-electron chi connectivity index (χ2n) is 4.63. The Bertz CT molecular complexity index is 391. The highest BCUT2D eigenvalue weighted by molar-refractivity contribution is 5.77. The van der Waals surface area contributed by atoms with Gasteiger partial charge in [-0.05, 0) is 25.0 Å². The van der Waals surface area contributed by atoms with E-state index in [9.17, 15) is 4.79 Å². The lowest BCUT2D eigenvalue weighted by Crippen LogP contribution is -2.30. The van der Waals surface area contributed by atoms with Crippen LogP contribution in [0.2, 0.25) is 0 Å². The number of likely N-dealkylation sites (N-methyl/N-ethyl adjacent to an activating group) is 1. The first-order valence-electron chi connectivity index (χ1n) is 6.16. The predicted octanol–water partition coefficient (Wildman–Crippen LogP) is 1.53. The Balaban J connectivity index is 2.52. The van der Waals surface area contributed by atoms with E-state index >= 15 is 0 Å². The fourth-order valence-electron chi connectivity index (χ4n) is 1.57. The Morgan fingerprint density at radius 2 is 2.06 bits per heavy atom. The molecule has 1 rings (SSSR count). The molecular weight excluding hydrogens is 228 g/mol. The Morgan fingerprint density at radius 1 is 1.39 bits per heavy atom. The molecule has 1 aromatic rings. The molecule has 0 atom stereocenters. The molecule has 0 aliphatic heterocycles. The highest BCUT2D eigenvalue weighted by Gasteiger charge is 2.10. The fourth-order valence-corrected chi connectivity index (χ4v) is 1.57. The zero-order chi connectivity index (χ0) is 13.5. The SMILES string of the molecule is CC(C)OCC(=O)N(C)Cc1cccc(CN)c1. The van der Waals surface area contributed by atoms with Gasteiger partial charge in [0.05, 0.1) is 6.10 Å². The summed E-state index contributed by atoms with van der Waals surface area (Å²) in [5.41, 5.74) is 7.75. The highest BCUT2D eigenvalue weighted by atomic mass is 16.5. The van der Waals surface area contributed by atoms with Gasteiger partial charge in [0.1, 0.15) is 6.61 Å². The molecule has 100 valence electrons. The van der Waals surface area contributed by atoms with E-state index in [1.165, 1.54) is 0 Å². The van der Waals surface area contributed by atoms with Crippen molar-refractivity contribution in [2.24, 2.45) is 5.73 Å². The standard InChI is InChI=1S/C14H22N2O2/c1-11(2)18-10-14(17)16(3)9-13-6-4-5-12(7-13)8-15/h4-7,11H,8-10,15H2,1-3H3. The van der Waals surface area contributed by atoms with Crippen molar-refractivity contribution in [1.29, 1.82) is 0 Å². The lowest BCUT2D eigenvalue weighted by Gasteiger charge is -2.18. The van der Waals surface area contributed by atoms with Gasteiger partial charge >= 0.3 is 0 Å². The molecule has 0 heterocycles. The van der Waals surface area contributed by atoms with Crippen molar-refractivity contribution in [2.45, 2.75) is 33.0 Å². The van der Waals surface area contributed by atoms with E-state index in [2.05, 4.69) is 0 Å². The maximum atomic E-state index is 11.8. The van der Waals surface area contributed by atoms with Crippen molar-refractivity contribution in [3.05, 3.63) is 35.4 Å². The van der Waals surface area contributed by atoms with Gasteiger partial charge < -0.3 is 15.4 Å². The van der Waals surface area contributed by atoms with E-state index in [0.29, 0.717) is 13.1 Å². The molecule has 4 heteroatoms. The van der Waals surface area contributed by atoms with E-state index in [4.69, 9.17) is 10.5 Å². The van der Waals surface area contributed by atoms with Crippen LogP contribution in [0.1, 0.15) is 25.0 Å². The van der Waals surface area contributed by atoms with Gasteiger partial charge in [-0.1, -0.05) is 24.3 Å². The number of nitrogens with two attached hydrogens (primary N) is 1. The largest absolute Gasteiger partial charge is 0.369 e. The molecular formula is C14H22N2O2. The summed E-state index contributed by atoms with van der Waals surface area (Å²) in [6.45, 7) is 5.05. The zero-order valence-electron chi connectivity index (χ0n) is 11.3. The number of ether oxygens (including phenoxy) is 1. The average molecular weight is 250 g/mol. The molecule has 0 saturated carbocycles. The third-order valence-electron chi connectivity index (χ3n) is 2.61. The Labute approximate surface area is 109 Å². The second kappa shape index (κ2) is 7.13. The molecule has 0 aliphatic rings. The van der Waals surface area contributed by atoms with E-state index in [-0.39, 0.29) is 18.6 Å². The maximum Gasteiger partial charge on any atom is 0.248 e.